The Hall–Kier alpha value is -2.95. The summed E-state index contributed by atoms with van der Waals surface area (Å²) in [5, 5.41) is 9.01. The number of hydrogen-bond donors (Lipinski definition) is 1. The van der Waals surface area contributed by atoms with Gasteiger partial charge in [0.1, 0.15) is 0 Å². The third kappa shape index (κ3) is 2.29. The summed E-state index contributed by atoms with van der Waals surface area (Å²) in [6.07, 6.45) is 6.94. The first-order chi connectivity index (χ1) is 9.74. The minimum atomic E-state index is -0.945. The van der Waals surface area contributed by atoms with Crippen LogP contribution >= 0.6 is 0 Å². The fourth-order valence-corrected chi connectivity index (χ4v) is 1.93. The van der Waals surface area contributed by atoms with Crippen LogP contribution in [0.25, 0.3) is 16.9 Å². The SMILES string of the molecule is O=C(O)c1cccc(-n2cnc(-c3cccnc3)c2)c1. The quantitative estimate of drug-likeness (QED) is 0.790. The van der Waals surface area contributed by atoms with Crippen molar-refractivity contribution in [2.24, 2.45) is 0 Å². The molecule has 0 atom stereocenters. The lowest BCUT2D eigenvalue weighted by molar-refractivity contribution is 0.0697. The molecule has 0 fully saturated rings. The van der Waals surface area contributed by atoms with Gasteiger partial charge in [0, 0.05) is 29.8 Å². The van der Waals surface area contributed by atoms with Gasteiger partial charge >= 0.3 is 5.97 Å². The third-order valence-electron chi connectivity index (χ3n) is 2.93. The van der Waals surface area contributed by atoms with Crippen molar-refractivity contribution in [3.8, 4) is 16.9 Å². The maximum atomic E-state index is 11.0. The molecule has 3 rings (SSSR count). The number of aromatic nitrogens is 3. The van der Waals surface area contributed by atoms with E-state index in [1.165, 1.54) is 0 Å². The molecule has 0 spiro atoms. The summed E-state index contributed by atoms with van der Waals surface area (Å²) in [7, 11) is 0. The van der Waals surface area contributed by atoms with E-state index in [2.05, 4.69) is 9.97 Å². The largest absolute Gasteiger partial charge is 0.478 e. The molecule has 98 valence electrons. The van der Waals surface area contributed by atoms with E-state index in [4.69, 9.17) is 5.11 Å². The number of nitrogens with zero attached hydrogens (tertiary/aromatic N) is 3. The lowest BCUT2D eigenvalue weighted by atomic mass is 10.2. The summed E-state index contributed by atoms with van der Waals surface area (Å²) in [6, 6.07) is 10.5. The van der Waals surface area contributed by atoms with Crippen molar-refractivity contribution in [3.63, 3.8) is 0 Å². The van der Waals surface area contributed by atoms with Gasteiger partial charge in [-0.05, 0) is 30.3 Å². The highest BCUT2D eigenvalue weighted by Gasteiger charge is 2.06. The molecule has 5 nitrogen and oxygen atoms in total. The number of hydrogen-bond acceptors (Lipinski definition) is 3. The molecule has 0 amide bonds. The van der Waals surface area contributed by atoms with Gasteiger partial charge in [-0.3, -0.25) is 4.98 Å². The lowest BCUT2D eigenvalue weighted by Crippen LogP contribution is -1.98. The van der Waals surface area contributed by atoms with Crippen molar-refractivity contribution < 1.29 is 9.90 Å². The number of benzene rings is 1. The van der Waals surface area contributed by atoms with E-state index in [1.54, 1.807) is 41.5 Å². The molecule has 2 aromatic heterocycles. The second-order valence-corrected chi connectivity index (χ2v) is 4.26. The van der Waals surface area contributed by atoms with E-state index >= 15 is 0 Å². The second-order valence-electron chi connectivity index (χ2n) is 4.26. The van der Waals surface area contributed by atoms with Crippen LogP contribution < -0.4 is 0 Å². The Bertz CT molecular complexity index is 751. The molecule has 5 heteroatoms. The predicted octanol–water partition coefficient (Wildman–Crippen LogP) is 2.63. The van der Waals surface area contributed by atoms with E-state index in [0.29, 0.717) is 0 Å². The third-order valence-corrected chi connectivity index (χ3v) is 2.93. The van der Waals surface area contributed by atoms with Crippen LogP contribution in [0.2, 0.25) is 0 Å². The summed E-state index contributed by atoms with van der Waals surface area (Å²) in [4.78, 5) is 19.3. The van der Waals surface area contributed by atoms with Crippen LogP contribution in [0.3, 0.4) is 0 Å². The van der Waals surface area contributed by atoms with Crippen molar-refractivity contribution in [1.82, 2.24) is 14.5 Å². The molecule has 3 aromatic rings. The lowest BCUT2D eigenvalue weighted by Gasteiger charge is -2.02. The smallest absolute Gasteiger partial charge is 0.335 e. The van der Waals surface area contributed by atoms with E-state index in [-0.39, 0.29) is 5.56 Å². The topological polar surface area (TPSA) is 68.0 Å². The standard InChI is InChI=1S/C15H11N3O2/c19-15(20)11-3-1-5-13(7-11)18-9-14(17-10-18)12-4-2-6-16-8-12/h1-10H,(H,19,20). The molecule has 20 heavy (non-hydrogen) atoms. The summed E-state index contributed by atoms with van der Waals surface area (Å²) >= 11 is 0. The summed E-state index contributed by atoms with van der Waals surface area (Å²) in [5.41, 5.74) is 2.71. The number of carboxylic acids is 1. The monoisotopic (exact) mass is 265 g/mol. The average molecular weight is 265 g/mol. The number of carbonyl (C=O) groups is 1. The molecule has 1 N–H and O–H groups in total. The van der Waals surface area contributed by atoms with Gasteiger partial charge in [-0.15, -0.1) is 0 Å². The molecule has 1 aromatic carbocycles. The maximum absolute atomic E-state index is 11.0. The zero-order valence-electron chi connectivity index (χ0n) is 10.5. The van der Waals surface area contributed by atoms with E-state index in [9.17, 15) is 4.79 Å². The molecule has 0 radical (unpaired) electrons. The summed E-state index contributed by atoms with van der Waals surface area (Å²) in [6.45, 7) is 0. The van der Waals surface area contributed by atoms with Gasteiger partial charge in [0.2, 0.25) is 0 Å². The first-order valence-electron chi connectivity index (χ1n) is 6.02. The van der Waals surface area contributed by atoms with Gasteiger partial charge in [-0.2, -0.15) is 0 Å². The van der Waals surface area contributed by atoms with Crippen LogP contribution in [0.5, 0.6) is 0 Å². The maximum Gasteiger partial charge on any atom is 0.335 e. The molecule has 2 heterocycles. The Balaban J connectivity index is 1.98. The molecule has 0 aliphatic carbocycles. The number of carboxylic acid groups (broad SMARTS) is 1. The Morgan fingerprint density at radius 3 is 2.85 bits per heavy atom. The van der Waals surface area contributed by atoms with Crippen LogP contribution in [0.4, 0.5) is 0 Å². The first kappa shape index (κ1) is 12.1. The normalized spacial score (nSPS) is 10.4. The van der Waals surface area contributed by atoms with Gasteiger partial charge in [-0.1, -0.05) is 6.07 Å². The fraction of sp³-hybridized carbons (Fsp3) is 0. The zero-order valence-corrected chi connectivity index (χ0v) is 10.5. The van der Waals surface area contributed by atoms with Crippen LogP contribution in [-0.2, 0) is 0 Å². The van der Waals surface area contributed by atoms with Crippen molar-refractivity contribution in [3.05, 3.63) is 66.9 Å². The Labute approximate surface area is 115 Å². The van der Waals surface area contributed by atoms with Gasteiger partial charge in [0.15, 0.2) is 0 Å². The Morgan fingerprint density at radius 1 is 1.20 bits per heavy atom. The Morgan fingerprint density at radius 2 is 2.10 bits per heavy atom. The van der Waals surface area contributed by atoms with E-state index in [1.807, 2.05) is 24.4 Å². The highest BCUT2D eigenvalue weighted by molar-refractivity contribution is 5.88. The average Bonchev–Trinajstić information content (AvgIpc) is 2.98. The van der Waals surface area contributed by atoms with Gasteiger partial charge in [0.25, 0.3) is 0 Å². The van der Waals surface area contributed by atoms with Crippen molar-refractivity contribution in [2.75, 3.05) is 0 Å². The first-order valence-corrected chi connectivity index (χ1v) is 6.02. The molecule has 0 aliphatic rings. The molecule has 0 saturated carbocycles. The van der Waals surface area contributed by atoms with Crippen LogP contribution in [0.15, 0.2) is 61.3 Å². The van der Waals surface area contributed by atoms with Crippen LogP contribution in [0, 0.1) is 0 Å². The number of aromatic carboxylic acids is 1. The fourth-order valence-electron chi connectivity index (χ4n) is 1.93. The molecule has 0 aliphatic heterocycles. The van der Waals surface area contributed by atoms with Gasteiger partial charge in [0.05, 0.1) is 17.6 Å². The summed E-state index contributed by atoms with van der Waals surface area (Å²) in [5.74, 6) is -0.945. The minimum absolute atomic E-state index is 0.249. The zero-order chi connectivity index (χ0) is 13.9. The highest BCUT2D eigenvalue weighted by Crippen LogP contribution is 2.18. The number of imidazole rings is 1. The van der Waals surface area contributed by atoms with Gasteiger partial charge in [-0.25, -0.2) is 9.78 Å². The molecular formula is C15H11N3O2. The van der Waals surface area contributed by atoms with E-state index in [0.717, 1.165) is 16.9 Å². The highest BCUT2D eigenvalue weighted by atomic mass is 16.4. The summed E-state index contributed by atoms with van der Waals surface area (Å²) < 4.78 is 1.79. The van der Waals surface area contributed by atoms with Crippen LogP contribution in [-0.4, -0.2) is 25.6 Å². The Kier molecular flexibility index (Phi) is 3.01. The van der Waals surface area contributed by atoms with Crippen LogP contribution in [0.1, 0.15) is 10.4 Å². The van der Waals surface area contributed by atoms with E-state index < -0.39 is 5.97 Å². The second kappa shape index (κ2) is 4.97. The molecular weight excluding hydrogens is 254 g/mol. The number of pyridine rings is 1. The van der Waals surface area contributed by atoms with Crippen molar-refractivity contribution in [1.29, 1.82) is 0 Å². The van der Waals surface area contributed by atoms with Crippen molar-refractivity contribution in [2.45, 2.75) is 0 Å². The van der Waals surface area contributed by atoms with Gasteiger partial charge < -0.3 is 9.67 Å². The molecule has 0 bridgehead atoms. The number of rotatable bonds is 3. The molecule has 0 unspecified atom stereocenters. The molecule has 0 saturated heterocycles. The predicted molar refractivity (Wildman–Crippen MR) is 73.8 cm³/mol. The van der Waals surface area contributed by atoms with Crippen molar-refractivity contribution >= 4 is 5.97 Å². The minimum Gasteiger partial charge on any atom is -0.478 e.